The summed E-state index contributed by atoms with van der Waals surface area (Å²) in [4.78, 5) is 2.72. The first-order valence-electron chi connectivity index (χ1n) is 8.40. The van der Waals surface area contributed by atoms with Crippen molar-refractivity contribution in [3.63, 3.8) is 0 Å². The minimum absolute atomic E-state index is 0.515. The molecule has 0 amide bonds. The summed E-state index contributed by atoms with van der Waals surface area (Å²) in [6, 6.07) is 9.81. The van der Waals surface area contributed by atoms with E-state index in [1.165, 1.54) is 37.9 Å². The van der Waals surface area contributed by atoms with Gasteiger partial charge in [0, 0.05) is 18.6 Å². The van der Waals surface area contributed by atoms with Crippen molar-refractivity contribution in [1.29, 1.82) is 0 Å². The molecule has 3 heteroatoms. The van der Waals surface area contributed by atoms with E-state index in [4.69, 9.17) is 4.74 Å². The molecule has 1 saturated heterocycles. The summed E-state index contributed by atoms with van der Waals surface area (Å²) in [7, 11) is 1.73. The first-order valence-corrected chi connectivity index (χ1v) is 8.40. The van der Waals surface area contributed by atoms with E-state index in [0.717, 1.165) is 18.7 Å². The Morgan fingerprint density at radius 2 is 2.05 bits per heavy atom. The average molecular weight is 290 g/mol. The summed E-state index contributed by atoms with van der Waals surface area (Å²) >= 11 is 0. The fourth-order valence-electron chi connectivity index (χ4n) is 3.46. The zero-order chi connectivity index (χ0) is 15.1. The summed E-state index contributed by atoms with van der Waals surface area (Å²) in [5.74, 6) is 0.940. The van der Waals surface area contributed by atoms with Gasteiger partial charge in [-0.3, -0.25) is 4.90 Å². The Kier molecular flexibility index (Phi) is 6.52. The number of hydrogen-bond donors (Lipinski definition) is 1. The number of ether oxygens (including phenoxy) is 1. The summed E-state index contributed by atoms with van der Waals surface area (Å²) in [5.41, 5.74) is 1.41. The van der Waals surface area contributed by atoms with Gasteiger partial charge in [-0.25, -0.2) is 0 Å². The number of benzene rings is 1. The van der Waals surface area contributed by atoms with Crippen LogP contribution in [0.1, 0.15) is 51.1 Å². The molecule has 0 bridgehead atoms. The topological polar surface area (TPSA) is 24.5 Å². The number of nitrogens with zero attached hydrogens (tertiary/aromatic N) is 1. The Hall–Kier alpha value is -1.06. The summed E-state index contributed by atoms with van der Waals surface area (Å²) in [6.07, 6.45) is 4.98. The molecular weight excluding hydrogens is 260 g/mol. The lowest BCUT2D eigenvalue weighted by molar-refractivity contribution is 0.108. The summed E-state index contributed by atoms with van der Waals surface area (Å²) in [5, 5.41) is 3.56. The van der Waals surface area contributed by atoms with Gasteiger partial charge in [0.15, 0.2) is 0 Å². The second-order valence-electron chi connectivity index (χ2n) is 5.94. The van der Waals surface area contributed by atoms with Crippen molar-refractivity contribution in [3.05, 3.63) is 29.8 Å². The van der Waals surface area contributed by atoms with E-state index in [1.807, 2.05) is 0 Å². The highest BCUT2D eigenvalue weighted by atomic mass is 16.5. The molecule has 1 aromatic rings. The fourth-order valence-corrected chi connectivity index (χ4v) is 3.46. The molecule has 1 aliphatic heterocycles. The third-order valence-corrected chi connectivity index (χ3v) is 4.51. The van der Waals surface area contributed by atoms with E-state index in [9.17, 15) is 0 Å². The van der Waals surface area contributed by atoms with Crippen LogP contribution in [0.2, 0.25) is 0 Å². The average Bonchev–Trinajstić information content (AvgIpc) is 2.56. The molecule has 1 aromatic carbocycles. The van der Waals surface area contributed by atoms with Crippen LogP contribution in [0.5, 0.6) is 5.75 Å². The SMILES string of the molecule is CCCN(C1CCCNC1)C(CC)c1ccc(OC)cc1. The number of methoxy groups -OCH3 is 1. The molecule has 2 unspecified atom stereocenters. The first-order chi connectivity index (χ1) is 10.3. The fraction of sp³-hybridized carbons (Fsp3) is 0.667. The lowest BCUT2D eigenvalue weighted by Gasteiger charge is -2.40. The third kappa shape index (κ3) is 4.21. The first kappa shape index (κ1) is 16.3. The molecule has 1 N–H and O–H groups in total. The van der Waals surface area contributed by atoms with E-state index in [1.54, 1.807) is 7.11 Å². The molecular formula is C18H30N2O. The van der Waals surface area contributed by atoms with E-state index in [2.05, 4.69) is 48.3 Å². The molecule has 3 nitrogen and oxygen atoms in total. The molecule has 0 aromatic heterocycles. The van der Waals surface area contributed by atoms with Crippen LogP contribution in [0, 0.1) is 0 Å². The maximum atomic E-state index is 5.28. The Bertz CT molecular complexity index is 398. The second-order valence-corrected chi connectivity index (χ2v) is 5.94. The van der Waals surface area contributed by atoms with E-state index in [-0.39, 0.29) is 0 Å². The van der Waals surface area contributed by atoms with Gasteiger partial charge >= 0.3 is 0 Å². The highest BCUT2D eigenvalue weighted by Crippen LogP contribution is 2.29. The molecule has 2 atom stereocenters. The Labute approximate surface area is 129 Å². The van der Waals surface area contributed by atoms with Crippen LogP contribution in [0.25, 0.3) is 0 Å². The number of hydrogen-bond acceptors (Lipinski definition) is 3. The normalized spacial score (nSPS) is 20.5. The van der Waals surface area contributed by atoms with Crippen LogP contribution in [0.4, 0.5) is 0 Å². The van der Waals surface area contributed by atoms with Crippen molar-refractivity contribution >= 4 is 0 Å². The molecule has 21 heavy (non-hydrogen) atoms. The van der Waals surface area contributed by atoms with Gasteiger partial charge in [-0.15, -0.1) is 0 Å². The van der Waals surface area contributed by atoms with Gasteiger partial charge in [-0.2, -0.15) is 0 Å². The quantitative estimate of drug-likeness (QED) is 0.830. The predicted octanol–water partition coefficient (Wildman–Crippen LogP) is 3.61. The van der Waals surface area contributed by atoms with Crippen molar-refractivity contribution in [2.45, 2.75) is 51.6 Å². The smallest absolute Gasteiger partial charge is 0.118 e. The molecule has 0 saturated carbocycles. The number of piperidine rings is 1. The monoisotopic (exact) mass is 290 g/mol. The Morgan fingerprint density at radius 1 is 1.29 bits per heavy atom. The van der Waals surface area contributed by atoms with Gasteiger partial charge in [-0.1, -0.05) is 26.0 Å². The van der Waals surface area contributed by atoms with Crippen molar-refractivity contribution < 1.29 is 4.74 Å². The molecule has 1 fully saturated rings. The maximum absolute atomic E-state index is 5.28. The molecule has 118 valence electrons. The molecule has 0 radical (unpaired) electrons. The molecule has 0 spiro atoms. The highest BCUT2D eigenvalue weighted by molar-refractivity contribution is 5.29. The zero-order valence-electron chi connectivity index (χ0n) is 13.8. The number of rotatable bonds is 7. The minimum Gasteiger partial charge on any atom is -0.497 e. The van der Waals surface area contributed by atoms with Crippen molar-refractivity contribution in [2.75, 3.05) is 26.7 Å². The van der Waals surface area contributed by atoms with Gasteiger partial charge in [-0.05, 0) is 56.5 Å². The van der Waals surface area contributed by atoms with Crippen LogP contribution in [0.3, 0.4) is 0 Å². The standard InChI is InChI=1S/C18H30N2O/c1-4-13-20(16-7-6-12-19-14-16)18(5-2)15-8-10-17(21-3)11-9-15/h8-11,16,18-19H,4-7,12-14H2,1-3H3. The van der Waals surface area contributed by atoms with Crippen LogP contribution in [0.15, 0.2) is 24.3 Å². The van der Waals surface area contributed by atoms with Gasteiger partial charge in [0.2, 0.25) is 0 Å². The summed E-state index contributed by atoms with van der Waals surface area (Å²) < 4.78 is 5.28. The lowest BCUT2D eigenvalue weighted by atomic mass is 9.97. The highest BCUT2D eigenvalue weighted by Gasteiger charge is 2.26. The maximum Gasteiger partial charge on any atom is 0.118 e. The Morgan fingerprint density at radius 3 is 2.57 bits per heavy atom. The second kappa shape index (κ2) is 8.40. The summed E-state index contributed by atoms with van der Waals surface area (Å²) in [6.45, 7) is 8.07. The zero-order valence-corrected chi connectivity index (χ0v) is 13.8. The van der Waals surface area contributed by atoms with Crippen molar-refractivity contribution in [1.82, 2.24) is 10.2 Å². The minimum atomic E-state index is 0.515. The third-order valence-electron chi connectivity index (χ3n) is 4.51. The largest absolute Gasteiger partial charge is 0.497 e. The molecule has 1 aliphatic rings. The number of nitrogens with one attached hydrogen (secondary N) is 1. The van der Waals surface area contributed by atoms with Crippen LogP contribution in [-0.2, 0) is 0 Å². The predicted molar refractivity (Wildman–Crippen MR) is 88.9 cm³/mol. The molecule has 0 aliphatic carbocycles. The molecule has 1 heterocycles. The lowest BCUT2D eigenvalue weighted by Crippen LogP contribution is -2.47. The van der Waals surface area contributed by atoms with Crippen LogP contribution in [-0.4, -0.2) is 37.7 Å². The van der Waals surface area contributed by atoms with Gasteiger partial charge in [0.05, 0.1) is 7.11 Å². The van der Waals surface area contributed by atoms with Crippen molar-refractivity contribution in [2.24, 2.45) is 0 Å². The van der Waals surface area contributed by atoms with E-state index < -0.39 is 0 Å². The van der Waals surface area contributed by atoms with E-state index >= 15 is 0 Å². The Balaban J connectivity index is 2.16. The molecule has 2 rings (SSSR count). The van der Waals surface area contributed by atoms with Crippen molar-refractivity contribution in [3.8, 4) is 5.75 Å². The van der Waals surface area contributed by atoms with Gasteiger partial charge < -0.3 is 10.1 Å². The van der Waals surface area contributed by atoms with Gasteiger partial charge in [0.25, 0.3) is 0 Å². The van der Waals surface area contributed by atoms with E-state index in [0.29, 0.717) is 12.1 Å². The van der Waals surface area contributed by atoms with Crippen LogP contribution >= 0.6 is 0 Å². The van der Waals surface area contributed by atoms with Crippen LogP contribution < -0.4 is 10.1 Å². The van der Waals surface area contributed by atoms with Gasteiger partial charge in [0.1, 0.15) is 5.75 Å².